The van der Waals surface area contributed by atoms with Gasteiger partial charge in [0.15, 0.2) is 0 Å². The summed E-state index contributed by atoms with van der Waals surface area (Å²) in [5.74, 6) is 0.193. The fourth-order valence-electron chi connectivity index (χ4n) is 4.48. The van der Waals surface area contributed by atoms with Gasteiger partial charge in [0.25, 0.3) is 0 Å². The SMILES string of the molecule is N#Cc1cccc(N2C[C@@]3(CCN(C4CCOCC4)C3)CC2=O)c1. The van der Waals surface area contributed by atoms with Crippen LogP contribution in [-0.2, 0) is 9.53 Å². The van der Waals surface area contributed by atoms with Crippen LogP contribution in [0.5, 0.6) is 0 Å². The van der Waals surface area contributed by atoms with Crippen molar-refractivity contribution >= 4 is 11.6 Å². The van der Waals surface area contributed by atoms with E-state index in [-0.39, 0.29) is 11.3 Å². The minimum atomic E-state index is 0.0814. The fraction of sp³-hybridized carbons (Fsp3) is 0.579. The maximum Gasteiger partial charge on any atom is 0.227 e. The lowest BCUT2D eigenvalue weighted by Gasteiger charge is -2.32. The third-order valence-corrected chi connectivity index (χ3v) is 5.78. The van der Waals surface area contributed by atoms with Gasteiger partial charge < -0.3 is 9.64 Å². The standard InChI is InChI=1S/C19H23N3O2/c20-12-15-2-1-3-17(10-15)22-14-19(11-18(22)23)6-7-21(13-19)16-4-8-24-9-5-16/h1-3,10,16H,4-9,11,13-14H2/t19-/m0/s1. The van der Waals surface area contributed by atoms with Gasteiger partial charge in [0.1, 0.15) is 0 Å². The minimum absolute atomic E-state index is 0.0814. The van der Waals surface area contributed by atoms with E-state index in [1.807, 2.05) is 23.1 Å². The number of carbonyl (C=O) groups excluding carboxylic acids is 1. The van der Waals surface area contributed by atoms with E-state index in [9.17, 15) is 4.79 Å². The number of nitriles is 1. The predicted molar refractivity (Wildman–Crippen MR) is 90.6 cm³/mol. The summed E-state index contributed by atoms with van der Waals surface area (Å²) < 4.78 is 5.47. The molecule has 3 heterocycles. The van der Waals surface area contributed by atoms with Crippen LogP contribution in [0.25, 0.3) is 0 Å². The Kier molecular flexibility index (Phi) is 4.03. The van der Waals surface area contributed by atoms with Crippen LogP contribution in [0, 0.1) is 16.7 Å². The van der Waals surface area contributed by atoms with Gasteiger partial charge in [-0.3, -0.25) is 9.69 Å². The van der Waals surface area contributed by atoms with E-state index < -0.39 is 0 Å². The molecule has 0 aliphatic carbocycles. The van der Waals surface area contributed by atoms with E-state index in [0.29, 0.717) is 18.0 Å². The summed E-state index contributed by atoms with van der Waals surface area (Å²) in [7, 11) is 0. The number of rotatable bonds is 2. The summed E-state index contributed by atoms with van der Waals surface area (Å²) in [6.07, 6.45) is 3.93. The van der Waals surface area contributed by atoms with Gasteiger partial charge in [0.2, 0.25) is 5.91 Å². The highest BCUT2D eigenvalue weighted by Crippen LogP contribution is 2.43. The van der Waals surface area contributed by atoms with Gasteiger partial charge in [-0.05, 0) is 44.0 Å². The molecule has 1 aromatic rings. The molecule has 126 valence electrons. The summed E-state index contributed by atoms with van der Waals surface area (Å²) in [6, 6.07) is 10.2. The van der Waals surface area contributed by atoms with Crippen molar-refractivity contribution in [2.24, 2.45) is 5.41 Å². The molecule has 4 rings (SSSR count). The molecule has 3 fully saturated rings. The molecule has 1 atom stereocenters. The molecule has 0 bridgehead atoms. The zero-order valence-corrected chi connectivity index (χ0v) is 13.9. The average Bonchev–Trinajstić information content (AvgIpc) is 3.19. The molecule has 24 heavy (non-hydrogen) atoms. The molecule has 1 amide bonds. The van der Waals surface area contributed by atoms with Crippen molar-refractivity contribution in [3.8, 4) is 6.07 Å². The van der Waals surface area contributed by atoms with Crippen molar-refractivity contribution < 1.29 is 9.53 Å². The van der Waals surface area contributed by atoms with Crippen LogP contribution >= 0.6 is 0 Å². The normalized spacial score (nSPS) is 28.6. The fourth-order valence-corrected chi connectivity index (χ4v) is 4.48. The first-order valence-corrected chi connectivity index (χ1v) is 8.81. The summed E-state index contributed by atoms with van der Waals surface area (Å²) in [5.41, 5.74) is 1.55. The lowest BCUT2D eigenvalue weighted by Crippen LogP contribution is -2.40. The molecule has 1 aromatic carbocycles. The lowest BCUT2D eigenvalue weighted by atomic mass is 9.86. The van der Waals surface area contributed by atoms with Crippen LogP contribution in [0.3, 0.4) is 0 Å². The number of carbonyl (C=O) groups is 1. The first-order chi connectivity index (χ1) is 11.7. The van der Waals surface area contributed by atoms with E-state index in [1.165, 1.54) is 0 Å². The van der Waals surface area contributed by atoms with Gasteiger partial charge in [-0.25, -0.2) is 0 Å². The third-order valence-electron chi connectivity index (χ3n) is 5.78. The molecule has 3 saturated heterocycles. The monoisotopic (exact) mass is 325 g/mol. The highest BCUT2D eigenvalue weighted by molar-refractivity contribution is 5.96. The first kappa shape index (κ1) is 15.6. The Bertz CT molecular complexity index is 677. The Balaban J connectivity index is 1.48. The predicted octanol–water partition coefficient (Wildman–Crippen LogP) is 2.17. The maximum atomic E-state index is 12.6. The van der Waals surface area contributed by atoms with Crippen molar-refractivity contribution in [1.82, 2.24) is 4.90 Å². The molecule has 0 unspecified atom stereocenters. The molecular formula is C19H23N3O2. The van der Waals surface area contributed by atoms with E-state index >= 15 is 0 Å². The molecule has 5 heteroatoms. The van der Waals surface area contributed by atoms with Crippen molar-refractivity contribution in [2.45, 2.75) is 31.7 Å². The molecule has 0 radical (unpaired) electrons. The largest absolute Gasteiger partial charge is 0.381 e. The van der Waals surface area contributed by atoms with Gasteiger partial charge >= 0.3 is 0 Å². The van der Waals surface area contributed by atoms with Gasteiger partial charge in [-0.1, -0.05) is 6.07 Å². The Morgan fingerprint density at radius 1 is 1.25 bits per heavy atom. The van der Waals surface area contributed by atoms with E-state index in [4.69, 9.17) is 10.00 Å². The maximum absolute atomic E-state index is 12.6. The summed E-state index contributed by atoms with van der Waals surface area (Å²) >= 11 is 0. The number of ether oxygens (including phenoxy) is 1. The second-order valence-corrected chi connectivity index (χ2v) is 7.38. The van der Waals surface area contributed by atoms with Crippen molar-refractivity contribution in [1.29, 1.82) is 5.26 Å². The molecular weight excluding hydrogens is 302 g/mol. The summed E-state index contributed by atoms with van der Waals surface area (Å²) in [6.45, 7) is 4.60. The van der Waals surface area contributed by atoms with Crippen LogP contribution in [0.2, 0.25) is 0 Å². The zero-order chi connectivity index (χ0) is 16.6. The summed E-state index contributed by atoms with van der Waals surface area (Å²) in [5, 5.41) is 9.08. The van der Waals surface area contributed by atoms with Gasteiger partial charge in [0.05, 0.1) is 11.6 Å². The second kappa shape index (κ2) is 6.19. The number of hydrogen-bond donors (Lipinski definition) is 0. The number of nitrogens with zero attached hydrogens (tertiary/aromatic N) is 3. The van der Waals surface area contributed by atoms with Crippen LogP contribution in [0.15, 0.2) is 24.3 Å². The van der Waals surface area contributed by atoms with Crippen molar-refractivity contribution in [2.75, 3.05) is 37.7 Å². The quantitative estimate of drug-likeness (QED) is 0.836. The molecule has 5 nitrogen and oxygen atoms in total. The average molecular weight is 325 g/mol. The summed E-state index contributed by atoms with van der Waals surface area (Å²) in [4.78, 5) is 17.1. The zero-order valence-electron chi connectivity index (χ0n) is 13.9. The Morgan fingerprint density at radius 2 is 2.08 bits per heavy atom. The Morgan fingerprint density at radius 3 is 2.88 bits per heavy atom. The van der Waals surface area contributed by atoms with Crippen LogP contribution in [0.4, 0.5) is 5.69 Å². The second-order valence-electron chi connectivity index (χ2n) is 7.38. The number of amides is 1. The molecule has 0 saturated carbocycles. The van der Waals surface area contributed by atoms with E-state index in [1.54, 1.807) is 6.07 Å². The minimum Gasteiger partial charge on any atom is -0.381 e. The van der Waals surface area contributed by atoms with Gasteiger partial charge in [0, 0.05) is 49.9 Å². The number of benzene rings is 1. The molecule has 3 aliphatic rings. The molecule has 3 aliphatic heterocycles. The highest BCUT2D eigenvalue weighted by Gasteiger charge is 2.48. The van der Waals surface area contributed by atoms with Crippen LogP contribution in [-0.4, -0.2) is 49.7 Å². The third kappa shape index (κ3) is 2.81. The van der Waals surface area contributed by atoms with E-state index in [2.05, 4.69) is 11.0 Å². The molecule has 0 aromatic heterocycles. The molecule has 0 N–H and O–H groups in total. The van der Waals surface area contributed by atoms with Crippen molar-refractivity contribution in [3.63, 3.8) is 0 Å². The lowest BCUT2D eigenvalue weighted by molar-refractivity contribution is -0.117. The first-order valence-electron chi connectivity index (χ1n) is 8.81. The smallest absolute Gasteiger partial charge is 0.227 e. The Labute approximate surface area is 142 Å². The Hall–Kier alpha value is -1.90. The van der Waals surface area contributed by atoms with Crippen LogP contribution in [0.1, 0.15) is 31.2 Å². The van der Waals surface area contributed by atoms with Crippen molar-refractivity contribution in [3.05, 3.63) is 29.8 Å². The topological polar surface area (TPSA) is 56.6 Å². The molecule has 1 spiro atoms. The van der Waals surface area contributed by atoms with Gasteiger partial charge in [-0.2, -0.15) is 5.26 Å². The van der Waals surface area contributed by atoms with E-state index in [0.717, 1.165) is 57.8 Å². The number of hydrogen-bond acceptors (Lipinski definition) is 4. The number of anilines is 1. The van der Waals surface area contributed by atoms with Gasteiger partial charge in [-0.15, -0.1) is 0 Å². The van der Waals surface area contributed by atoms with Crippen LogP contribution < -0.4 is 4.90 Å². The number of likely N-dealkylation sites (tertiary alicyclic amines) is 1. The highest BCUT2D eigenvalue weighted by atomic mass is 16.5.